The van der Waals surface area contributed by atoms with Crippen LogP contribution < -0.4 is 20.4 Å². The van der Waals surface area contributed by atoms with Crippen molar-refractivity contribution in [2.24, 2.45) is 0 Å². The number of fused-ring (bicyclic) bond motifs is 2. The SMILES string of the molecule is C[C@@H]1CN(c2nnc(-c3ccc(F)cc3)c3ccccc23)[C@H](C)CN1C(=O)Nc1ccc(F)cc1.C[C@H]1CN(c2nnc(-c3ccc(F)cc3)c3ccccc23)[C@@H](C)CN1C(=O)Nc1ccc(F)cc1.Cl.Cl. The number of aromatic nitrogens is 4. The Morgan fingerprint density at radius 1 is 0.417 bits per heavy atom. The average Bonchev–Trinajstić information content (AvgIpc) is 3.36. The van der Waals surface area contributed by atoms with Gasteiger partial charge in [0.2, 0.25) is 0 Å². The molecule has 18 heteroatoms. The summed E-state index contributed by atoms with van der Waals surface area (Å²) in [6, 6.07) is 39.1. The summed E-state index contributed by atoms with van der Waals surface area (Å²) in [7, 11) is 0. The van der Waals surface area contributed by atoms with E-state index in [1.807, 2.05) is 76.2 Å². The minimum atomic E-state index is -0.350. The van der Waals surface area contributed by atoms with Gasteiger partial charge < -0.3 is 30.2 Å². The van der Waals surface area contributed by atoms with Gasteiger partial charge in [-0.1, -0.05) is 48.5 Å². The van der Waals surface area contributed by atoms with Gasteiger partial charge in [0.15, 0.2) is 11.6 Å². The van der Waals surface area contributed by atoms with Crippen molar-refractivity contribution in [2.45, 2.75) is 51.9 Å². The third-order valence-corrected chi connectivity index (χ3v) is 12.8. The summed E-state index contributed by atoms with van der Waals surface area (Å²) in [6.07, 6.45) is 0. The molecule has 372 valence electrons. The molecule has 2 N–H and O–H groups in total. The molecule has 12 nitrogen and oxygen atoms in total. The van der Waals surface area contributed by atoms with Crippen LogP contribution in [0.5, 0.6) is 0 Å². The molecule has 2 saturated heterocycles. The molecule has 0 saturated carbocycles. The molecular formula is C54H52Cl2F4N10O2. The molecule has 4 heterocycles. The Labute approximate surface area is 426 Å². The van der Waals surface area contributed by atoms with Gasteiger partial charge in [-0.3, -0.25) is 0 Å². The van der Waals surface area contributed by atoms with Gasteiger partial charge in [-0.05, 0) is 125 Å². The van der Waals surface area contributed by atoms with Crippen LogP contribution in [0.3, 0.4) is 0 Å². The van der Waals surface area contributed by atoms with Gasteiger partial charge >= 0.3 is 12.1 Å². The van der Waals surface area contributed by atoms with Gasteiger partial charge in [-0.25, -0.2) is 27.2 Å². The lowest BCUT2D eigenvalue weighted by molar-refractivity contribution is 0.172. The topological polar surface area (TPSA) is 123 Å². The molecular weight excluding hydrogens is 968 g/mol. The summed E-state index contributed by atoms with van der Waals surface area (Å²) in [5.74, 6) is 0.210. The van der Waals surface area contributed by atoms with E-state index in [2.05, 4.69) is 40.8 Å². The van der Waals surface area contributed by atoms with E-state index in [0.29, 0.717) is 48.9 Å². The van der Waals surface area contributed by atoms with Crippen LogP contribution in [0.25, 0.3) is 44.1 Å². The summed E-state index contributed by atoms with van der Waals surface area (Å²) in [4.78, 5) is 33.8. The van der Waals surface area contributed by atoms with Crippen LogP contribution in [0.4, 0.5) is 50.2 Å². The summed E-state index contributed by atoms with van der Waals surface area (Å²) >= 11 is 0. The highest BCUT2D eigenvalue weighted by Gasteiger charge is 2.35. The highest BCUT2D eigenvalue weighted by molar-refractivity contribution is 6.02. The normalized spacial score (nSPS) is 17.6. The van der Waals surface area contributed by atoms with Crippen LogP contribution in [-0.4, -0.2) is 92.6 Å². The molecule has 0 aliphatic carbocycles. The first-order valence-corrected chi connectivity index (χ1v) is 23.0. The van der Waals surface area contributed by atoms with Gasteiger partial charge in [0, 0.05) is 94.4 Å². The third kappa shape index (κ3) is 11.3. The zero-order valence-electron chi connectivity index (χ0n) is 39.7. The summed E-state index contributed by atoms with van der Waals surface area (Å²) in [5, 5.41) is 27.7. The van der Waals surface area contributed by atoms with Crippen molar-refractivity contribution in [1.82, 2.24) is 30.2 Å². The number of hydrogen-bond donors (Lipinski definition) is 2. The molecule has 2 fully saturated rings. The highest BCUT2D eigenvalue weighted by Crippen LogP contribution is 2.36. The second-order valence-corrected chi connectivity index (χ2v) is 17.7. The second kappa shape index (κ2) is 22.7. The van der Waals surface area contributed by atoms with Crippen LogP contribution in [-0.2, 0) is 0 Å². The molecule has 4 amide bonds. The number of nitrogens with zero attached hydrogens (tertiary/aromatic N) is 8. The molecule has 0 radical (unpaired) electrons. The number of hydrogen-bond acceptors (Lipinski definition) is 8. The summed E-state index contributed by atoms with van der Waals surface area (Å²) in [5.41, 5.74) is 4.08. The predicted octanol–water partition coefficient (Wildman–Crippen LogP) is 12.3. The number of benzene rings is 6. The van der Waals surface area contributed by atoms with Crippen LogP contribution in [0.15, 0.2) is 146 Å². The molecule has 0 spiro atoms. The van der Waals surface area contributed by atoms with Crippen molar-refractivity contribution in [2.75, 3.05) is 46.6 Å². The van der Waals surface area contributed by atoms with Crippen molar-refractivity contribution in [1.29, 1.82) is 0 Å². The maximum Gasteiger partial charge on any atom is 0.322 e. The zero-order valence-corrected chi connectivity index (χ0v) is 41.3. The van der Waals surface area contributed by atoms with Gasteiger partial charge in [-0.2, -0.15) is 0 Å². The first-order valence-electron chi connectivity index (χ1n) is 23.0. The van der Waals surface area contributed by atoms with Crippen LogP contribution >= 0.6 is 24.8 Å². The van der Waals surface area contributed by atoms with E-state index in [1.54, 1.807) is 58.3 Å². The first-order chi connectivity index (χ1) is 33.8. The number of amides is 4. The zero-order chi connectivity index (χ0) is 49.1. The minimum absolute atomic E-state index is 0. The smallest absolute Gasteiger partial charge is 0.322 e. The van der Waals surface area contributed by atoms with Crippen molar-refractivity contribution < 1.29 is 27.2 Å². The lowest BCUT2D eigenvalue weighted by atomic mass is 10.0. The summed E-state index contributed by atoms with van der Waals surface area (Å²) < 4.78 is 53.3. The monoisotopic (exact) mass is 1020 g/mol. The lowest BCUT2D eigenvalue weighted by Gasteiger charge is -2.44. The number of carbonyl (C=O) groups excluding carboxylic acids is 2. The number of halogens is 6. The Morgan fingerprint density at radius 3 is 1.06 bits per heavy atom. The van der Waals surface area contributed by atoms with Crippen molar-refractivity contribution in [3.63, 3.8) is 0 Å². The number of carbonyl (C=O) groups is 2. The number of nitrogens with one attached hydrogen (secondary N) is 2. The van der Waals surface area contributed by atoms with E-state index >= 15 is 0 Å². The van der Waals surface area contributed by atoms with Crippen molar-refractivity contribution >= 4 is 81.4 Å². The average molecular weight is 1020 g/mol. The molecule has 10 rings (SSSR count). The van der Waals surface area contributed by atoms with E-state index in [1.165, 1.54) is 48.5 Å². The Balaban J connectivity index is 0.000000206. The molecule has 2 aliphatic rings. The van der Waals surface area contributed by atoms with Gasteiger partial charge in [0.1, 0.15) is 34.7 Å². The fraction of sp³-hybridized carbons (Fsp3) is 0.222. The standard InChI is InChI=1S/2C27H25F2N5O.2ClH/c2*1-17-16-34(27(35)30-22-13-11-21(29)12-14-22)18(2)15-33(17)26-24-6-4-3-5-23(24)25(31-32-26)19-7-9-20(28)10-8-19;;/h2*3-14,17-18H,15-16H2,1-2H3,(H,30,35);2*1H/t2*17-,18-;;/m10../s1. The molecule has 0 unspecified atom stereocenters. The van der Waals surface area contributed by atoms with E-state index < -0.39 is 0 Å². The van der Waals surface area contributed by atoms with Gasteiger partial charge in [0.25, 0.3) is 0 Å². The van der Waals surface area contributed by atoms with E-state index in [4.69, 9.17) is 0 Å². The van der Waals surface area contributed by atoms with Crippen LogP contribution in [0.1, 0.15) is 27.7 Å². The molecule has 4 atom stereocenters. The fourth-order valence-corrected chi connectivity index (χ4v) is 9.11. The van der Waals surface area contributed by atoms with E-state index in [9.17, 15) is 27.2 Å². The van der Waals surface area contributed by atoms with Crippen LogP contribution in [0.2, 0.25) is 0 Å². The number of urea groups is 2. The van der Waals surface area contributed by atoms with E-state index in [-0.39, 0.29) is 84.3 Å². The molecule has 2 aromatic heterocycles. The van der Waals surface area contributed by atoms with E-state index in [0.717, 1.165) is 44.3 Å². The summed E-state index contributed by atoms with van der Waals surface area (Å²) in [6.45, 7) is 10.2. The van der Waals surface area contributed by atoms with Crippen molar-refractivity contribution in [3.05, 3.63) is 169 Å². The Hall–Kier alpha value is -7.56. The van der Waals surface area contributed by atoms with Crippen molar-refractivity contribution in [3.8, 4) is 22.5 Å². The number of anilines is 4. The third-order valence-electron chi connectivity index (χ3n) is 12.8. The molecule has 8 aromatic rings. The number of rotatable bonds is 6. The maximum absolute atomic E-state index is 13.4. The molecule has 0 bridgehead atoms. The molecule has 2 aliphatic heterocycles. The first kappa shape index (κ1) is 52.3. The largest absolute Gasteiger partial charge is 0.348 e. The molecule has 6 aromatic carbocycles. The van der Waals surface area contributed by atoms with Gasteiger partial charge in [-0.15, -0.1) is 45.2 Å². The molecule has 72 heavy (non-hydrogen) atoms. The van der Waals surface area contributed by atoms with Gasteiger partial charge in [0.05, 0.1) is 0 Å². The fourth-order valence-electron chi connectivity index (χ4n) is 9.11. The minimum Gasteiger partial charge on any atom is -0.348 e. The second-order valence-electron chi connectivity index (χ2n) is 17.7. The predicted molar refractivity (Wildman–Crippen MR) is 281 cm³/mol. The lowest BCUT2D eigenvalue weighted by Crippen LogP contribution is -2.59. The van der Waals surface area contributed by atoms with Crippen LogP contribution in [0, 0.1) is 23.3 Å². The maximum atomic E-state index is 13.4. The number of piperazine rings is 2. The Bertz CT molecular complexity index is 2950. The highest BCUT2D eigenvalue weighted by atomic mass is 35.5. The Kier molecular flexibility index (Phi) is 16.5. The quantitative estimate of drug-likeness (QED) is 0.158. The Morgan fingerprint density at radius 2 is 0.722 bits per heavy atom.